The van der Waals surface area contributed by atoms with Crippen LogP contribution in [0.1, 0.15) is 112 Å². The fourth-order valence-corrected chi connectivity index (χ4v) is 9.55. The van der Waals surface area contributed by atoms with Gasteiger partial charge in [-0.1, -0.05) is 60.3 Å². The number of hydrogen-bond acceptors (Lipinski definition) is 2. The average Bonchev–Trinajstić information content (AvgIpc) is 3.07. The molecule has 4 aliphatic rings. The summed E-state index contributed by atoms with van der Waals surface area (Å²) in [6.07, 6.45) is 16.1. The van der Waals surface area contributed by atoms with Gasteiger partial charge in [-0.25, -0.2) is 0 Å². The Hall–Kier alpha value is -0.0800. The van der Waals surface area contributed by atoms with Crippen molar-refractivity contribution in [3.63, 3.8) is 0 Å². The van der Waals surface area contributed by atoms with Crippen LogP contribution >= 0.6 is 0 Å². The van der Waals surface area contributed by atoms with Gasteiger partial charge in [0.05, 0.1) is 0 Å². The van der Waals surface area contributed by atoms with Gasteiger partial charge in [0.25, 0.3) is 0 Å². The molecule has 0 amide bonds. The average molecular weight is 419 g/mol. The second-order valence-corrected chi connectivity index (χ2v) is 12.9. The molecule has 2 unspecified atom stereocenters. The second kappa shape index (κ2) is 8.69. The Balaban J connectivity index is 1.42. The zero-order valence-electron chi connectivity index (χ0n) is 20.6. The molecule has 4 aliphatic carbocycles. The lowest BCUT2D eigenvalue weighted by atomic mass is 9.44. The minimum Gasteiger partial charge on any atom is -0.368 e. The van der Waals surface area contributed by atoms with Crippen molar-refractivity contribution in [1.82, 2.24) is 0 Å². The summed E-state index contributed by atoms with van der Waals surface area (Å²) in [6.45, 7) is 12.1. The van der Waals surface area contributed by atoms with Gasteiger partial charge < -0.3 is 10.2 Å². The minimum absolute atomic E-state index is 0.0222. The van der Waals surface area contributed by atoms with Gasteiger partial charge in [0.2, 0.25) is 0 Å². The number of fused-ring (bicyclic) bond motifs is 5. The molecule has 0 radical (unpaired) electrons. The van der Waals surface area contributed by atoms with Crippen LogP contribution in [0.4, 0.5) is 0 Å². The third kappa shape index (κ3) is 3.81. The van der Waals surface area contributed by atoms with Gasteiger partial charge in [-0.2, -0.15) is 0 Å². The van der Waals surface area contributed by atoms with Gasteiger partial charge in [0, 0.05) is 5.92 Å². The fourth-order valence-electron chi connectivity index (χ4n) is 9.55. The summed E-state index contributed by atoms with van der Waals surface area (Å²) in [6, 6.07) is 0. The van der Waals surface area contributed by atoms with Gasteiger partial charge >= 0.3 is 0 Å². The first-order valence-electron chi connectivity index (χ1n) is 13.5. The zero-order valence-corrected chi connectivity index (χ0v) is 20.6. The minimum atomic E-state index is -1.17. The Morgan fingerprint density at radius 3 is 2.23 bits per heavy atom. The molecule has 0 saturated heterocycles. The highest BCUT2D eigenvalue weighted by molar-refractivity contribution is 5.09. The lowest BCUT2D eigenvalue weighted by Crippen LogP contribution is -2.53. The molecule has 0 aromatic heterocycles. The van der Waals surface area contributed by atoms with Gasteiger partial charge in [-0.3, -0.25) is 0 Å². The topological polar surface area (TPSA) is 40.5 Å². The molecule has 0 spiro atoms. The van der Waals surface area contributed by atoms with Crippen molar-refractivity contribution in [3.8, 4) is 0 Å². The molecule has 0 heterocycles. The summed E-state index contributed by atoms with van der Waals surface area (Å²) < 4.78 is 0. The maximum Gasteiger partial charge on any atom is 0.154 e. The summed E-state index contributed by atoms with van der Waals surface area (Å²) in [7, 11) is 0. The molecule has 30 heavy (non-hydrogen) atoms. The van der Waals surface area contributed by atoms with E-state index in [4.69, 9.17) is 0 Å². The van der Waals surface area contributed by atoms with E-state index in [2.05, 4.69) is 27.7 Å². The highest BCUT2D eigenvalue weighted by atomic mass is 16.5. The molecule has 2 nitrogen and oxygen atoms in total. The van der Waals surface area contributed by atoms with E-state index in [-0.39, 0.29) is 5.92 Å². The molecule has 2 N–H and O–H groups in total. The normalized spacial score (nSPS) is 46.6. The number of aliphatic hydroxyl groups excluding tert-OH is 1. The van der Waals surface area contributed by atoms with E-state index >= 15 is 0 Å². The van der Waals surface area contributed by atoms with Crippen molar-refractivity contribution < 1.29 is 10.2 Å². The van der Waals surface area contributed by atoms with E-state index in [1.165, 1.54) is 70.6 Å². The molecule has 4 fully saturated rings. The van der Waals surface area contributed by atoms with Crippen molar-refractivity contribution in [2.45, 2.75) is 118 Å². The van der Waals surface area contributed by atoms with Crippen molar-refractivity contribution >= 4 is 0 Å². The molecule has 2 heteroatoms. The van der Waals surface area contributed by atoms with E-state index < -0.39 is 6.29 Å². The summed E-state index contributed by atoms with van der Waals surface area (Å²) in [5.74, 6) is 6.02. The van der Waals surface area contributed by atoms with Crippen LogP contribution in [0.15, 0.2) is 0 Å². The van der Waals surface area contributed by atoms with E-state index in [0.29, 0.717) is 16.7 Å². The Bertz CT molecular complexity index is 587. The summed E-state index contributed by atoms with van der Waals surface area (Å²) in [5.41, 5.74) is 1.21. The van der Waals surface area contributed by atoms with Crippen molar-refractivity contribution in [2.24, 2.45) is 58.2 Å². The predicted molar refractivity (Wildman–Crippen MR) is 125 cm³/mol. The van der Waals surface area contributed by atoms with Gasteiger partial charge in [-0.15, -0.1) is 0 Å². The summed E-state index contributed by atoms with van der Waals surface area (Å²) >= 11 is 0. The number of rotatable bonds is 6. The first-order valence-corrected chi connectivity index (χ1v) is 13.5. The van der Waals surface area contributed by atoms with E-state index in [1.807, 2.05) is 6.92 Å². The monoisotopic (exact) mass is 418 g/mol. The Morgan fingerprint density at radius 2 is 1.50 bits per heavy atom. The van der Waals surface area contributed by atoms with Crippen molar-refractivity contribution in [3.05, 3.63) is 0 Å². The predicted octanol–water partition coefficient (Wildman–Crippen LogP) is 7.03. The van der Waals surface area contributed by atoms with Crippen LogP contribution in [-0.2, 0) is 0 Å². The molecule has 0 aromatic rings. The third-order valence-electron chi connectivity index (χ3n) is 11.8. The first kappa shape index (κ1) is 23.1. The molecule has 4 saturated carbocycles. The van der Waals surface area contributed by atoms with Crippen LogP contribution in [0.5, 0.6) is 0 Å². The van der Waals surface area contributed by atoms with Gasteiger partial charge in [-0.05, 0) is 104 Å². The van der Waals surface area contributed by atoms with Crippen LogP contribution in [-0.4, -0.2) is 16.5 Å². The first-order chi connectivity index (χ1) is 14.2. The van der Waals surface area contributed by atoms with Gasteiger partial charge in [0.15, 0.2) is 6.29 Å². The molecule has 10 atom stereocenters. The van der Waals surface area contributed by atoms with Crippen LogP contribution in [0.2, 0.25) is 0 Å². The fraction of sp³-hybridized carbons (Fsp3) is 1.00. The third-order valence-corrected chi connectivity index (χ3v) is 11.8. The van der Waals surface area contributed by atoms with Crippen LogP contribution in [0.3, 0.4) is 0 Å². The number of aliphatic hydroxyl groups is 2. The SMILES string of the molecule is CC(C(O)O)[C@H](C)CC[C@@H](C)[C@H]1CC[C@H]2[C@@H]3CCC4CCCC[C@]4(C)[C@H]3CC[C@]12C. The highest BCUT2D eigenvalue weighted by Gasteiger charge is 2.60. The molecule has 0 aromatic carbocycles. The lowest BCUT2D eigenvalue weighted by molar-refractivity contribution is -0.115. The van der Waals surface area contributed by atoms with Crippen LogP contribution in [0.25, 0.3) is 0 Å². The zero-order chi connectivity index (χ0) is 21.7. The summed E-state index contributed by atoms with van der Waals surface area (Å²) in [5, 5.41) is 19.1. The molecular formula is C28H50O2. The molecule has 174 valence electrons. The highest BCUT2D eigenvalue weighted by Crippen LogP contribution is 2.68. The standard InChI is InChI=1S/C28H50O2/c1-18(20(3)26(29)30)9-10-19(2)23-13-14-24-22-12-11-21-8-6-7-16-27(21,4)25(22)15-17-28(23,24)5/h18-26,29-30H,6-17H2,1-5H3/t18-,19-,20?,21?,22+,23-,24+,25+,27+,28-/m1/s1. The van der Waals surface area contributed by atoms with Crippen LogP contribution in [0, 0.1) is 58.2 Å². The summed E-state index contributed by atoms with van der Waals surface area (Å²) in [4.78, 5) is 0. The van der Waals surface area contributed by atoms with E-state index in [1.54, 1.807) is 0 Å². The smallest absolute Gasteiger partial charge is 0.154 e. The van der Waals surface area contributed by atoms with E-state index in [9.17, 15) is 10.2 Å². The van der Waals surface area contributed by atoms with Gasteiger partial charge in [0.1, 0.15) is 0 Å². The number of hydrogen-bond donors (Lipinski definition) is 2. The van der Waals surface area contributed by atoms with E-state index in [0.717, 1.165) is 41.9 Å². The van der Waals surface area contributed by atoms with Crippen molar-refractivity contribution in [1.29, 1.82) is 0 Å². The molecule has 0 aliphatic heterocycles. The Labute approximate surface area is 186 Å². The van der Waals surface area contributed by atoms with Crippen LogP contribution < -0.4 is 0 Å². The lowest BCUT2D eigenvalue weighted by Gasteiger charge is -2.61. The Kier molecular flexibility index (Phi) is 6.69. The largest absolute Gasteiger partial charge is 0.368 e. The molecule has 4 rings (SSSR count). The quantitative estimate of drug-likeness (QED) is 0.454. The second-order valence-electron chi connectivity index (χ2n) is 12.9. The Morgan fingerprint density at radius 1 is 0.767 bits per heavy atom. The molecular weight excluding hydrogens is 368 g/mol. The maximum atomic E-state index is 9.53. The van der Waals surface area contributed by atoms with Crippen molar-refractivity contribution in [2.75, 3.05) is 0 Å². The maximum absolute atomic E-state index is 9.53. The molecule has 0 bridgehead atoms.